The zero-order valence-corrected chi connectivity index (χ0v) is 11.9. The van der Waals surface area contributed by atoms with Crippen molar-refractivity contribution in [1.82, 2.24) is 0 Å². The predicted molar refractivity (Wildman–Crippen MR) is 75.5 cm³/mol. The molecule has 2 N–H and O–H groups in total. The summed E-state index contributed by atoms with van der Waals surface area (Å²) in [6.07, 6.45) is 3.93. The number of rotatable bonds is 6. The van der Waals surface area contributed by atoms with Gasteiger partial charge in [0.05, 0.1) is 12.8 Å². The lowest BCUT2D eigenvalue weighted by atomic mass is 9.77. The van der Waals surface area contributed by atoms with Gasteiger partial charge in [-0.1, -0.05) is 6.42 Å². The van der Waals surface area contributed by atoms with E-state index >= 15 is 0 Å². The van der Waals surface area contributed by atoms with Gasteiger partial charge < -0.3 is 10.2 Å². The molecule has 18 heavy (non-hydrogen) atoms. The SMILES string of the molecule is O=C(O)CC(S)C1CCCC(C(S)CC(=O)O)C1. The summed E-state index contributed by atoms with van der Waals surface area (Å²) in [7, 11) is 0. The van der Waals surface area contributed by atoms with Crippen LogP contribution in [0, 0.1) is 11.8 Å². The molecule has 1 rings (SSSR count). The molecular weight excluding hydrogens is 272 g/mol. The van der Waals surface area contributed by atoms with Crippen LogP contribution in [0.1, 0.15) is 38.5 Å². The van der Waals surface area contributed by atoms with E-state index in [4.69, 9.17) is 10.2 Å². The summed E-state index contributed by atoms with van der Waals surface area (Å²) in [5.41, 5.74) is 0. The third-order valence-electron chi connectivity index (χ3n) is 3.61. The van der Waals surface area contributed by atoms with Crippen molar-refractivity contribution in [1.29, 1.82) is 0 Å². The Morgan fingerprint density at radius 1 is 1.00 bits per heavy atom. The van der Waals surface area contributed by atoms with Crippen LogP contribution in [0.25, 0.3) is 0 Å². The minimum absolute atomic E-state index is 0.0661. The molecule has 4 atom stereocenters. The first-order chi connectivity index (χ1) is 8.40. The number of hydrogen-bond acceptors (Lipinski definition) is 4. The Bertz CT molecular complexity index is 280. The average Bonchev–Trinajstić information content (AvgIpc) is 2.27. The zero-order valence-electron chi connectivity index (χ0n) is 10.2. The molecule has 1 aliphatic carbocycles. The van der Waals surface area contributed by atoms with Crippen LogP contribution in [0.4, 0.5) is 0 Å². The molecule has 1 saturated carbocycles. The molecule has 6 heteroatoms. The van der Waals surface area contributed by atoms with E-state index in [2.05, 4.69) is 25.3 Å². The summed E-state index contributed by atoms with van der Waals surface area (Å²) >= 11 is 8.74. The Kier molecular flexibility index (Phi) is 6.35. The molecule has 0 spiro atoms. The summed E-state index contributed by atoms with van der Waals surface area (Å²) < 4.78 is 0. The van der Waals surface area contributed by atoms with Gasteiger partial charge in [-0.05, 0) is 31.1 Å². The molecule has 1 aliphatic rings. The second-order valence-electron chi connectivity index (χ2n) is 5.02. The van der Waals surface area contributed by atoms with Crippen molar-refractivity contribution in [3.05, 3.63) is 0 Å². The van der Waals surface area contributed by atoms with Gasteiger partial charge in [-0.2, -0.15) is 25.3 Å². The van der Waals surface area contributed by atoms with Crippen LogP contribution in [0.5, 0.6) is 0 Å². The Labute approximate surface area is 118 Å². The van der Waals surface area contributed by atoms with E-state index in [-0.39, 0.29) is 35.2 Å². The van der Waals surface area contributed by atoms with Gasteiger partial charge in [0, 0.05) is 10.5 Å². The van der Waals surface area contributed by atoms with Crippen LogP contribution in [-0.4, -0.2) is 32.7 Å². The van der Waals surface area contributed by atoms with Crippen LogP contribution in [0.2, 0.25) is 0 Å². The van der Waals surface area contributed by atoms with Crippen molar-refractivity contribution < 1.29 is 19.8 Å². The molecule has 0 aromatic rings. The Hall–Kier alpha value is -0.360. The van der Waals surface area contributed by atoms with Gasteiger partial charge in [-0.3, -0.25) is 9.59 Å². The highest BCUT2D eigenvalue weighted by Crippen LogP contribution is 2.37. The van der Waals surface area contributed by atoms with E-state index < -0.39 is 11.9 Å². The maximum atomic E-state index is 10.7. The number of carbonyl (C=O) groups is 2. The van der Waals surface area contributed by atoms with Gasteiger partial charge in [0.25, 0.3) is 0 Å². The lowest BCUT2D eigenvalue weighted by molar-refractivity contribution is -0.138. The summed E-state index contributed by atoms with van der Waals surface area (Å²) in [5.74, 6) is -1.14. The summed E-state index contributed by atoms with van der Waals surface area (Å²) in [4.78, 5) is 21.3. The van der Waals surface area contributed by atoms with Crippen molar-refractivity contribution in [3.63, 3.8) is 0 Å². The lowest BCUT2D eigenvalue weighted by Crippen LogP contribution is -2.30. The molecule has 1 fully saturated rings. The maximum Gasteiger partial charge on any atom is 0.304 e. The fourth-order valence-corrected chi connectivity index (χ4v) is 3.51. The van der Waals surface area contributed by atoms with Crippen molar-refractivity contribution in [2.45, 2.75) is 49.0 Å². The lowest BCUT2D eigenvalue weighted by Gasteiger charge is -2.34. The van der Waals surface area contributed by atoms with Crippen molar-refractivity contribution in [3.8, 4) is 0 Å². The highest BCUT2D eigenvalue weighted by atomic mass is 32.1. The van der Waals surface area contributed by atoms with E-state index in [1.165, 1.54) is 0 Å². The molecule has 0 aromatic carbocycles. The topological polar surface area (TPSA) is 74.6 Å². The van der Waals surface area contributed by atoms with E-state index in [0.717, 1.165) is 25.7 Å². The predicted octanol–water partition coefficient (Wildman–Crippen LogP) is 2.34. The minimum atomic E-state index is -0.829. The fourth-order valence-electron chi connectivity index (χ4n) is 2.66. The van der Waals surface area contributed by atoms with Crippen LogP contribution in [-0.2, 0) is 9.59 Å². The zero-order chi connectivity index (χ0) is 13.7. The first-order valence-corrected chi connectivity index (χ1v) is 7.23. The van der Waals surface area contributed by atoms with Crippen LogP contribution in [0.3, 0.4) is 0 Å². The monoisotopic (exact) mass is 292 g/mol. The average molecular weight is 292 g/mol. The third-order valence-corrected chi connectivity index (χ3v) is 4.82. The summed E-state index contributed by atoms with van der Waals surface area (Å²) in [5, 5.41) is 17.2. The van der Waals surface area contributed by atoms with Gasteiger partial charge >= 0.3 is 11.9 Å². The molecule has 0 aromatic heterocycles. The Morgan fingerprint density at radius 2 is 1.39 bits per heavy atom. The van der Waals surface area contributed by atoms with E-state index in [9.17, 15) is 9.59 Å². The van der Waals surface area contributed by atoms with Gasteiger partial charge in [0.1, 0.15) is 0 Å². The largest absolute Gasteiger partial charge is 0.481 e. The van der Waals surface area contributed by atoms with Crippen LogP contribution < -0.4 is 0 Å². The first-order valence-electron chi connectivity index (χ1n) is 6.20. The first kappa shape index (κ1) is 15.7. The van der Waals surface area contributed by atoms with Crippen LogP contribution >= 0.6 is 25.3 Å². The maximum absolute atomic E-state index is 10.7. The highest BCUT2D eigenvalue weighted by Gasteiger charge is 2.31. The van der Waals surface area contributed by atoms with Crippen molar-refractivity contribution >= 4 is 37.2 Å². The van der Waals surface area contributed by atoms with Gasteiger partial charge in [0.15, 0.2) is 0 Å². The molecule has 104 valence electrons. The number of thiol groups is 2. The number of hydrogen-bond donors (Lipinski definition) is 4. The summed E-state index contributed by atoms with van der Waals surface area (Å²) in [6.45, 7) is 0. The smallest absolute Gasteiger partial charge is 0.304 e. The number of carboxylic acid groups (broad SMARTS) is 2. The molecule has 0 amide bonds. The summed E-state index contributed by atoms with van der Waals surface area (Å²) in [6, 6.07) is 0. The van der Waals surface area contributed by atoms with Crippen molar-refractivity contribution in [2.24, 2.45) is 11.8 Å². The molecule has 4 nitrogen and oxygen atoms in total. The van der Waals surface area contributed by atoms with Gasteiger partial charge in [-0.15, -0.1) is 0 Å². The Morgan fingerprint density at radius 3 is 1.72 bits per heavy atom. The molecular formula is C12H20O4S2. The molecule has 4 unspecified atom stereocenters. The molecule has 0 aliphatic heterocycles. The standard InChI is InChI=1S/C12H20O4S2/c13-11(14)5-9(17)7-2-1-3-8(4-7)10(18)6-12(15)16/h7-10,17-18H,1-6H2,(H,13,14)(H,15,16). The van der Waals surface area contributed by atoms with Gasteiger partial charge in [-0.25, -0.2) is 0 Å². The second-order valence-corrected chi connectivity index (χ2v) is 6.34. The Balaban J connectivity index is 2.49. The molecule has 0 saturated heterocycles. The quantitative estimate of drug-likeness (QED) is 0.567. The fraction of sp³-hybridized carbons (Fsp3) is 0.833. The van der Waals surface area contributed by atoms with Crippen molar-refractivity contribution in [2.75, 3.05) is 0 Å². The van der Waals surface area contributed by atoms with Crippen LogP contribution in [0.15, 0.2) is 0 Å². The number of aliphatic carboxylic acids is 2. The molecule has 0 heterocycles. The molecule has 0 radical (unpaired) electrons. The van der Waals surface area contributed by atoms with E-state index in [1.54, 1.807) is 0 Å². The molecule has 0 bridgehead atoms. The van der Waals surface area contributed by atoms with Gasteiger partial charge in [0.2, 0.25) is 0 Å². The van der Waals surface area contributed by atoms with E-state index in [1.807, 2.05) is 0 Å². The normalized spacial score (nSPS) is 27.4. The second kappa shape index (κ2) is 7.28. The van der Waals surface area contributed by atoms with E-state index in [0.29, 0.717) is 0 Å². The highest BCUT2D eigenvalue weighted by molar-refractivity contribution is 7.81. The minimum Gasteiger partial charge on any atom is -0.481 e. The third kappa shape index (κ3) is 5.10. The number of carboxylic acids is 2.